The van der Waals surface area contributed by atoms with Crippen molar-refractivity contribution >= 4 is 33.7 Å². The number of pyridine rings is 1. The minimum absolute atomic E-state index is 0.222. The second-order valence-electron chi connectivity index (χ2n) is 7.89. The molecule has 0 spiro atoms. The highest BCUT2D eigenvalue weighted by Gasteiger charge is 2.21. The van der Waals surface area contributed by atoms with Gasteiger partial charge < -0.3 is 24.5 Å². The Bertz CT molecular complexity index is 1320. The van der Waals surface area contributed by atoms with Crippen molar-refractivity contribution in [3.05, 3.63) is 77.6 Å². The van der Waals surface area contributed by atoms with Gasteiger partial charge in [-0.15, -0.1) is 0 Å². The Morgan fingerprint density at radius 3 is 2.47 bits per heavy atom. The molecule has 2 aromatic carbocycles. The second-order valence-corrected chi connectivity index (χ2v) is 7.89. The topological polar surface area (TPSA) is 103 Å². The molecule has 0 fully saturated rings. The number of esters is 2. The highest BCUT2D eigenvalue weighted by atomic mass is 16.5. The molecular weight excluding hydrogens is 434 g/mol. The molecule has 34 heavy (non-hydrogen) atoms. The summed E-state index contributed by atoms with van der Waals surface area (Å²) in [7, 11) is 2.61. The van der Waals surface area contributed by atoms with E-state index in [1.165, 1.54) is 14.2 Å². The van der Waals surface area contributed by atoms with Crippen molar-refractivity contribution in [1.82, 2.24) is 14.9 Å². The van der Waals surface area contributed by atoms with Crippen molar-refractivity contribution in [3.8, 4) is 0 Å². The number of aliphatic hydroxyl groups is 1. The van der Waals surface area contributed by atoms with Crippen LogP contribution >= 0.6 is 0 Å². The first-order valence-electron chi connectivity index (χ1n) is 11.0. The summed E-state index contributed by atoms with van der Waals surface area (Å²) in [6.07, 6.45) is 0.417. The molecule has 0 aliphatic rings. The van der Waals surface area contributed by atoms with Gasteiger partial charge in [-0.05, 0) is 17.7 Å². The van der Waals surface area contributed by atoms with E-state index in [2.05, 4.69) is 33.1 Å². The molecule has 0 aliphatic heterocycles. The molecule has 2 heterocycles. The number of aromatic nitrogens is 2. The van der Waals surface area contributed by atoms with Gasteiger partial charge in [0.05, 0.1) is 32.0 Å². The molecular formula is C26H27N3O5. The van der Waals surface area contributed by atoms with E-state index in [-0.39, 0.29) is 12.3 Å². The van der Waals surface area contributed by atoms with E-state index in [9.17, 15) is 14.7 Å². The summed E-state index contributed by atoms with van der Waals surface area (Å²) < 4.78 is 11.9. The number of nitrogens with one attached hydrogen (secondary N) is 1. The Kier molecular flexibility index (Phi) is 7.20. The monoisotopic (exact) mass is 461 g/mol. The first-order valence-corrected chi connectivity index (χ1v) is 11.0. The summed E-state index contributed by atoms with van der Waals surface area (Å²) in [6.45, 7) is 0.595. The molecule has 4 aromatic rings. The van der Waals surface area contributed by atoms with Crippen LogP contribution in [0.25, 0.3) is 21.8 Å². The van der Waals surface area contributed by atoms with E-state index in [4.69, 9.17) is 9.47 Å². The van der Waals surface area contributed by atoms with Crippen LogP contribution < -0.4 is 5.32 Å². The van der Waals surface area contributed by atoms with Crippen molar-refractivity contribution in [2.75, 3.05) is 27.4 Å². The number of methoxy groups -OCH3 is 2. The largest absolute Gasteiger partial charge is 0.468 e. The average molecular weight is 462 g/mol. The average Bonchev–Trinajstić information content (AvgIpc) is 3.19. The van der Waals surface area contributed by atoms with Gasteiger partial charge in [-0.2, -0.15) is 0 Å². The van der Waals surface area contributed by atoms with Gasteiger partial charge in [0, 0.05) is 35.8 Å². The fraction of sp³-hybridized carbons (Fsp3) is 0.269. The van der Waals surface area contributed by atoms with Crippen LogP contribution in [-0.4, -0.2) is 60.0 Å². The van der Waals surface area contributed by atoms with Crippen LogP contribution in [0.2, 0.25) is 0 Å². The Balaban J connectivity index is 1.83. The third-order valence-corrected chi connectivity index (χ3v) is 5.82. The zero-order valence-corrected chi connectivity index (χ0v) is 19.2. The lowest BCUT2D eigenvalue weighted by atomic mass is 10.1. The number of aliphatic hydroxyl groups excluding tert-OH is 1. The molecule has 176 valence electrons. The smallest absolute Gasteiger partial charge is 0.356 e. The second kappa shape index (κ2) is 10.5. The number of benzene rings is 2. The lowest BCUT2D eigenvalue weighted by Gasteiger charge is -2.15. The van der Waals surface area contributed by atoms with Gasteiger partial charge in [0.2, 0.25) is 0 Å². The van der Waals surface area contributed by atoms with E-state index in [1.54, 1.807) is 6.07 Å². The number of para-hydroxylation sites is 1. The van der Waals surface area contributed by atoms with E-state index in [1.807, 2.05) is 36.4 Å². The normalized spacial score (nSPS) is 12.1. The molecule has 8 heteroatoms. The molecule has 0 saturated heterocycles. The Labute approximate surface area is 197 Å². The highest BCUT2D eigenvalue weighted by Crippen LogP contribution is 2.32. The number of hydrogen-bond acceptors (Lipinski definition) is 7. The summed E-state index contributed by atoms with van der Waals surface area (Å²) >= 11 is 0. The van der Waals surface area contributed by atoms with Crippen molar-refractivity contribution in [2.24, 2.45) is 0 Å². The number of hydrogen-bond donors (Lipinski definition) is 2. The maximum absolute atomic E-state index is 12.4. The van der Waals surface area contributed by atoms with Crippen LogP contribution in [0, 0.1) is 0 Å². The van der Waals surface area contributed by atoms with Crippen molar-refractivity contribution < 1.29 is 24.2 Å². The lowest BCUT2D eigenvalue weighted by Crippen LogP contribution is -2.41. The molecule has 0 unspecified atom stereocenters. The number of ether oxygens (including phenoxy) is 2. The van der Waals surface area contributed by atoms with Crippen LogP contribution in [0.5, 0.6) is 0 Å². The minimum atomic E-state index is -0.834. The van der Waals surface area contributed by atoms with Gasteiger partial charge in [-0.1, -0.05) is 48.5 Å². The van der Waals surface area contributed by atoms with Crippen LogP contribution in [0.15, 0.2) is 60.7 Å². The number of rotatable bonds is 9. The lowest BCUT2D eigenvalue weighted by molar-refractivity contribution is -0.144. The van der Waals surface area contributed by atoms with E-state index >= 15 is 0 Å². The SMILES string of the molecule is COC(=O)c1cc2c3ccccc3n(Cc3ccccc3)c2c(CCN[C@@H](CO)C(=O)OC)n1. The van der Waals surface area contributed by atoms with E-state index in [0.717, 1.165) is 27.4 Å². The quantitative estimate of drug-likeness (QED) is 0.370. The van der Waals surface area contributed by atoms with Gasteiger partial charge in [0.15, 0.2) is 0 Å². The van der Waals surface area contributed by atoms with Gasteiger partial charge in [0.25, 0.3) is 0 Å². The Hall–Kier alpha value is -3.75. The fourth-order valence-corrected chi connectivity index (χ4v) is 4.20. The summed E-state index contributed by atoms with van der Waals surface area (Å²) in [4.78, 5) is 28.9. The first-order chi connectivity index (χ1) is 16.6. The molecule has 0 aliphatic carbocycles. The van der Waals surface area contributed by atoms with Gasteiger partial charge in [0.1, 0.15) is 11.7 Å². The molecule has 2 aromatic heterocycles. The molecule has 0 bridgehead atoms. The van der Waals surface area contributed by atoms with E-state index in [0.29, 0.717) is 25.2 Å². The molecule has 2 N–H and O–H groups in total. The standard InChI is InChI=1S/C26H27N3O5/c1-33-25(31)21-14-19-18-10-6-7-11-23(18)29(15-17-8-4-3-5-9-17)24(19)20(28-21)12-13-27-22(16-30)26(32)34-2/h3-11,14,22,27,30H,12-13,15-16H2,1-2H3/t22-/m0/s1. The summed E-state index contributed by atoms with van der Waals surface area (Å²) in [5.41, 5.74) is 4.00. The number of nitrogens with zero attached hydrogens (tertiary/aromatic N) is 2. The predicted molar refractivity (Wildman–Crippen MR) is 129 cm³/mol. The molecule has 4 rings (SSSR count). The highest BCUT2D eigenvalue weighted by molar-refractivity contribution is 6.10. The van der Waals surface area contributed by atoms with Gasteiger partial charge in [-0.25, -0.2) is 9.78 Å². The number of carbonyl (C=O) groups is 2. The maximum Gasteiger partial charge on any atom is 0.356 e. The van der Waals surface area contributed by atoms with E-state index < -0.39 is 18.0 Å². The number of carbonyl (C=O) groups excluding carboxylic acids is 2. The van der Waals surface area contributed by atoms with Crippen molar-refractivity contribution in [1.29, 1.82) is 0 Å². The molecule has 0 amide bonds. The predicted octanol–water partition coefficient (Wildman–Crippen LogP) is 2.69. The summed E-state index contributed by atoms with van der Waals surface area (Å²) in [6, 6.07) is 19.1. The maximum atomic E-state index is 12.4. The Morgan fingerprint density at radius 2 is 1.76 bits per heavy atom. The van der Waals surface area contributed by atoms with Crippen LogP contribution in [0.3, 0.4) is 0 Å². The van der Waals surface area contributed by atoms with Crippen molar-refractivity contribution in [3.63, 3.8) is 0 Å². The fourth-order valence-electron chi connectivity index (χ4n) is 4.20. The molecule has 0 radical (unpaired) electrons. The Morgan fingerprint density at radius 1 is 1.03 bits per heavy atom. The minimum Gasteiger partial charge on any atom is -0.468 e. The molecule has 1 atom stereocenters. The molecule has 8 nitrogen and oxygen atoms in total. The molecule has 0 saturated carbocycles. The van der Waals surface area contributed by atoms with Gasteiger partial charge >= 0.3 is 11.9 Å². The van der Waals surface area contributed by atoms with Crippen LogP contribution in [0.4, 0.5) is 0 Å². The van der Waals surface area contributed by atoms with Crippen molar-refractivity contribution in [2.45, 2.75) is 19.0 Å². The third kappa shape index (κ3) is 4.64. The summed E-state index contributed by atoms with van der Waals surface area (Å²) in [5.74, 6) is -1.05. The number of fused-ring (bicyclic) bond motifs is 3. The van der Waals surface area contributed by atoms with Gasteiger partial charge in [-0.3, -0.25) is 4.79 Å². The van der Waals surface area contributed by atoms with Crippen LogP contribution in [0.1, 0.15) is 21.7 Å². The first kappa shape index (κ1) is 23.4. The zero-order chi connectivity index (χ0) is 24.1. The summed E-state index contributed by atoms with van der Waals surface area (Å²) in [5, 5.41) is 14.4. The van der Waals surface area contributed by atoms with Crippen LogP contribution in [-0.2, 0) is 27.2 Å². The zero-order valence-electron chi connectivity index (χ0n) is 19.2. The third-order valence-electron chi connectivity index (χ3n) is 5.82.